The van der Waals surface area contributed by atoms with Gasteiger partial charge >= 0.3 is 5.97 Å². The van der Waals surface area contributed by atoms with Crippen molar-refractivity contribution in [2.24, 2.45) is 5.92 Å². The van der Waals surface area contributed by atoms with Crippen molar-refractivity contribution in [3.63, 3.8) is 0 Å². The van der Waals surface area contributed by atoms with E-state index in [1.54, 1.807) is 0 Å². The smallest absolute Gasteiger partial charge is 0.356 e. The minimum Gasteiger partial charge on any atom is -0.476 e. The quantitative estimate of drug-likeness (QED) is 0.783. The van der Waals surface area contributed by atoms with Crippen LogP contribution >= 0.6 is 0 Å². The largest absolute Gasteiger partial charge is 0.476 e. The summed E-state index contributed by atoms with van der Waals surface area (Å²) in [4.78, 5) is 29.5. The molecular weight excluding hydrogens is 222 g/mol. The van der Waals surface area contributed by atoms with Crippen molar-refractivity contribution in [2.45, 2.75) is 19.3 Å². The minimum atomic E-state index is -1.15. The first kappa shape index (κ1) is 11.5. The predicted molar refractivity (Wildman–Crippen MR) is 58.7 cm³/mol. The number of carboxylic acids is 1. The molecule has 1 aliphatic rings. The molecule has 2 N–H and O–H groups in total. The first-order valence-corrected chi connectivity index (χ1v) is 5.50. The fourth-order valence-corrected chi connectivity index (χ4v) is 1.44. The summed E-state index contributed by atoms with van der Waals surface area (Å²) in [5, 5.41) is 11.4. The van der Waals surface area contributed by atoms with Crippen LogP contribution in [0.3, 0.4) is 0 Å². The minimum absolute atomic E-state index is 0.144. The number of carbonyl (C=O) groups is 2. The summed E-state index contributed by atoms with van der Waals surface area (Å²) in [5.74, 6) is -0.705. The average molecular weight is 235 g/mol. The molecule has 17 heavy (non-hydrogen) atoms. The average Bonchev–Trinajstić information content (AvgIpc) is 3.13. The maximum Gasteiger partial charge on any atom is 0.356 e. The van der Waals surface area contributed by atoms with Gasteiger partial charge in [-0.2, -0.15) is 0 Å². The van der Waals surface area contributed by atoms with E-state index >= 15 is 0 Å². The van der Waals surface area contributed by atoms with Gasteiger partial charge in [0.2, 0.25) is 0 Å². The van der Waals surface area contributed by atoms with Crippen LogP contribution in [0, 0.1) is 5.92 Å². The fourth-order valence-electron chi connectivity index (χ4n) is 1.44. The van der Waals surface area contributed by atoms with Crippen LogP contribution in [0.2, 0.25) is 0 Å². The molecule has 1 aromatic rings. The molecule has 0 aromatic carbocycles. The van der Waals surface area contributed by atoms with Gasteiger partial charge in [0.25, 0.3) is 5.91 Å². The maximum atomic E-state index is 11.6. The van der Waals surface area contributed by atoms with Crippen LogP contribution in [0.15, 0.2) is 12.4 Å². The van der Waals surface area contributed by atoms with E-state index in [1.807, 2.05) is 0 Å². The van der Waals surface area contributed by atoms with Crippen molar-refractivity contribution in [3.05, 3.63) is 23.8 Å². The highest BCUT2D eigenvalue weighted by Crippen LogP contribution is 2.31. The molecule has 1 heterocycles. The van der Waals surface area contributed by atoms with Gasteiger partial charge in [-0.05, 0) is 12.3 Å². The lowest BCUT2D eigenvalue weighted by atomic mass is 10.3. The van der Waals surface area contributed by atoms with E-state index in [0.29, 0.717) is 6.54 Å². The molecule has 0 saturated heterocycles. The van der Waals surface area contributed by atoms with Gasteiger partial charge in [-0.25, -0.2) is 14.8 Å². The Bertz CT molecular complexity index is 426. The third kappa shape index (κ3) is 3.24. The molecule has 0 bridgehead atoms. The number of aromatic carboxylic acids is 1. The van der Waals surface area contributed by atoms with Crippen LogP contribution in [-0.4, -0.2) is 33.5 Å². The molecule has 0 aliphatic heterocycles. The molecular formula is C11H13N3O3. The summed E-state index contributed by atoms with van der Waals surface area (Å²) in [6, 6.07) is 0. The van der Waals surface area contributed by atoms with Crippen LogP contribution in [0.5, 0.6) is 0 Å². The summed E-state index contributed by atoms with van der Waals surface area (Å²) in [6.45, 7) is 0.631. The molecule has 0 radical (unpaired) electrons. The van der Waals surface area contributed by atoms with Gasteiger partial charge in [0.05, 0.1) is 12.4 Å². The summed E-state index contributed by atoms with van der Waals surface area (Å²) in [6.07, 6.45) is 5.76. The van der Waals surface area contributed by atoms with E-state index in [4.69, 9.17) is 5.11 Å². The number of nitrogens with one attached hydrogen (secondary N) is 1. The van der Waals surface area contributed by atoms with Crippen molar-refractivity contribution in [2.75, 3.05) is 6.54 Å². The molecule has 0 atom stereocenters. The highest BCUT2D eigenvalue weighted by atomic mass is 16.4. The van der Waals surface area contributed by atoms with E-state index in [0.717, 1.165) is 18.5 Å². The zero-order valence-electron chi connectivity index (χ0n) is 9.22. The monoisotopic (exact) mass is 235 g/mol. The van der Waals surface area contributed by atoms with Crippen molar-refractivity contribution in [3.8, 4) is 0 Å². The second kappa shape index (κ2) is 4.90. The second-order valence-corrected chi connectivity index (χ2v) is 4.08. The zero-order chi connectivity index (χ0) is 12.3. The van der Waals surface area contributed by atoms with Crippen molar-refractivity contribution >= 4 is 11.9 Å². The van der Waals surface area contributed by atoms with Gasteiger partial charge < -0.3 is 10.4 Å². The molecule has 0 spiro atoms. The molecule has 1 aliphatic carbocycles. The van der Waals surface area contributed by atoms with Gasteiger partial charge in [-0.1, -0.05) is 12.8 Å². The van der Waals surface area contributed by atoms with E-state index < -0.39 is 5.97 Å². The fraction of sp³-hybridized carbons (Fsp3) is 0.455. The van der Waals surface area contributed by atoms with Gasteiger partial charge in [0, 0.05) is 6.54 Å². The Morgan fingerprint density at radius 1 is 1.29 bits per heavy atom. The number of rotatable bonds is 5. The molecule has 1 amide bonds. The van der Waals surface area contributed by atoms with E-state index in [2.05, 4.69) is 15.3 Å². The first-order valence-electron chi connectivity index (χ1n) is 5.50. The summed E-state index contributed by atoms with van der Waals surface area (Å²) in [5.41, 5.74) is -0.0228. The standard InChI is InChI=1S/C11H13N3O3/c15-10(12-4-3-7-1-2-7)8-5-14-9(6-13-8)11(16)17/h5-7H,1-4H2,(H,12,15)(H,16,17). The molecule has 1 aromatic heterocycles. The molecule has 0 unspecified atom stereocenters. The number of carboxylic acid groups (broad SMARTS) is 1. The molecule has 2 rings (SSSR count). The summed E-state index contributed by atoms with van der Waals surface area (Å²) < 4.78 is 0. The van der Waals surface area contributed by atoms with Crippen LogP contribution in [0.4, 0.5) is 0 Å². The Hall–Kier alpha value is -1.98. The lowest BCUT2D eigenvalue weighted by Crippen LogP contribution is -2.26. The van der Waals surface area contributed by atoms with Crippen molar-refractivity contribution < 1.29 is 14.7 Å². The number of aromatic nitrogens is 2. The predicted octanol–water partition coefficient (Wildman–Crippen LogP) is 0.705. The zero-order valence-corrected chi connectivity index (χ0v) is 9.22. The Morgan fingerprint density at radius 2 is 1.94 bits per heavy atom. The molecule has 1 fully saturated rings. The number of nitrogens with zero attached hydrogens (tertiary/aromatic N) is 2. The Kier molecular flexibility index (Phi) is 3.32. The second-order valence-electron chi connectivity index (χ2n) is 4.08. The Labute approximate surface area is 98.1 Å². The third-order valence-electron chi connectivity index (χ3n) is 2.64. The Morgan fingerprint density at radius 3 is 2.47 bits per heavy atom. The number of hydrogen-bond donors (Lipinski definition) is 2. The highest BCUT2D eigenvalue weighted by Gasteiger charge is 2.20. The highest BCUT2D eigenvalue weighted by molar-refractivity contribution is 5.92. The third-order valence-corrected chi connectivity index (χ3v) is 2.64. The molecule has 1 saturated carbocycles. The number of amides is 1. The summed E-state index contributed by atoms with van der Waals surface area (Å²) >= 11 is 0. The number of hydrogen-bond acceptors (Lipinski definition) is 4. The molecule has 6 nitrogen and oxygen atoms in total. The summed E-state index contributed by atoms with van der Waals surface area (Å²) in [7, 11) is 0. The molecule has 90 valence electrons. The number of carbonyl (C=O) groups excluding carboxylic acids is 1. The van der Waals surface area contributed by atoms with Gasteiger partial charge in [0.1, 0.15) is 5.69 Å². The lowest BCUT2D eigenvalue weighted by molar-refractivity contribution is 0.0689. The lowest BCUT2D eigenvalue weighted by Gasteiger charge is -2.03. The van der Waals surface area contributed by atoms with E-state index in [1.165, 1.54) is 19.0 Å². The molecule has 6 heteroatoms. The maximum absolute atomic E-state index is 11.6. The van der Waals surface area contributed by atoms with Crippen molar-refractivity contribution in [1.29, 1.82) is 0 Å². The SMILES string of the molecule is O=C(O)c1cnc(C(=O)NCCC2CC2)cn1. The van der Waals surface area contributed by atoms with E-state index in [9.17, 15) is 9.59 Å². The first-order chi connectivity index (χ1) is 8.16. The topological polar surface area (TPSA) is 92.2 Å². The van der Waals surface area contributed by atoms with Crippen LogP contribution in [0.1, 0.15) is 40.2 Å². The normalized spacial score (nSPS) is 14.4. The van der Waals surface area contributed by atoms with Crippen LogP contribution in [-0.2, 0) is 0 Å². The van der Waals surface area contributed by atoms with Crippen molar-refractivity contribution in [1.82, 2.24) is 15.3 Å². The Balaban J connectivity index is 1.86. The van der Waals surface area contributed by atoms with Crippen LogP contribution < -0.4 is 5.32 Å². The van der Waals surface area contributed by atoms with Gasteiger partial charge in [-0.3, -0.25) is 4.79 Å². The van der Waals surface area contributed by atoms with Crippen LogP contribution in [0.25, 0.3) is 0 Å². The van der Waals surface area contributed by atoms with Gasteiger partial charge in [-0.15, -0.1) is 0 Å². The van der Waals surface area contributed by atoms with E-state index in [-0.39, 0.29) is 17.3 Å². The van der Waals surface area contributed by atoms with Gasteiger partial charge in [0.15, 0.2) is 5.69 Å².